The molecular weight excluding hydrogens is 288 g/mol. The quantitative estimate of drug-likeness (QED) is 0.799. The molecule has 0 unspecified atom stereocenters. The fraction of sp³-hybridized carbons (Fsp3) is 0.278. The highest BCUT2D eigenvalue weighted by molar-refractivity contribution is 5.92. The molecule has 1 N–H and O–H groups in total. The monoisotopic (exact) mass is 310 g/mol. The highest BCUT2D eigenvalue weighted by Gasteiger charge is 2.14. The summed E-state index contributed by atoms with van der Waals surface area (Å²) < 4.78 is 0. The van der Waals surface area contributed by atoms with E-state index in [1.807, 2.05) is 36.9 Å². The van der Waals surface area contributed by atoms with Crippen LogP contribution in [0.3, 0.4) is 0 Å². The van der Waals surface area contributed by atoms with Gasteiger partial charge in [-0.25, -0.2) is 9.97 Å². The molecule has 1 amide bonds. The Kier molecular flexibility index (Phi) is 5.86. The van der Waals surface area contributed by atoms with Gasteiger partial charge < -0.3 is 10.2 Å². The van der Waals surface area contributed by atoms with Gasteiger partial charge in [-0.05, 0) is 25.5 Å². The first-order chi connectivity index (χ1) is 11.1. The first-order valence-corrected chi connectivity index (χ1v) is 7.67. The third kappa shape index (κ3) is 4.64. The maximum Gasteiger partial charge on any atom is 0.270 e. The molecule has 23 heavy (non-hydrogen) atoms. The number of nitrogens with one attached hydrogen (secondary N) is 1. The summed E-state index contributed by atoms with van der Waals surface area (Å²) in [5.41, 5.74) is 2.32. The molecule has 0 atom stereocenters. The molecule has 1 aromatic carbocycles. The third-order valence-electron chi connectivity index (χ3n) is 3.36. The fourth-order valence-electron chi connectivity index (χ4n) is 2.19. The average Bonchev–Trinajstić information content (AvgIpc) is 2.57. The van der Waals surface area contributed by atoms with Gasteiger partial charge in [-0.2, -0.15) is 0 Å². The summed E-state index contributed by atoms with van der Waals surface area (Å²) in [6, 6.07) is 11.8. The Balaban J connectivity index is 2.24. The van der Waals surface area contributed by atoms with Crippen molar-refractivity contribution in [1.29, 1.82) is 0 Å². The standard InChI is InChI=1S/C18H22N4O/c1-4-11-19-17(23)16-12-14(3)20-18(21-16)22(5-2)13-15-9-7-6-8-10-15/h4,6-10,12H,1,5,11,13H2,2-3H3,(H,19,23). The molecule has 2 rings (SSSR count). The van der Waals surface area contributed by atoms with Gasteiger partial charge in [-0.1, -0.05) is 36.4 Å². The number of carbonyl (C=O) groups excluding carboxylic acids is 1. The molecule has 0 fully saturated rings. The van der Waals surface area contributed by atoms with Crippen LogP contribution >= 0.6 is 0 Å². The molecule has 0 saturated carbocycles. The van der Waals surface area contributed by atoms with Crippen LogP contribution in [-0.4, -0.2) is 29.0 Å². The van der Waals surface area contributed by atoms with Gasteiger partial charge >= 0.3 is 0 Å². The van der Waals surface area contributed by atoms with Gasteiger partial charge in [0.2, 0.25) is 5.95 Å². The number of amides is 1. The number of hydrogen-bond acceptors (Lipinski definition) is 4. The van der Waals surface area contributed by atoms with E-state index in [0.717, 1.165) is 12.2 Å². The Morgan fingerprint density at radius 2 is 2.04 bits per heavy atom. The number of nitrogens with zero attached hydrogens (tertiary/aromatic N) is 3. The first-order valence-electron chi connectivity index (χ1n) is 7.67. The van der Waals surface area contributed by atoms with E-state index in [1.165, 1.54) is 5.56 Å². The van der Waals surface area contributed by atoms with E-state index < -0.39 is 0 Å². The summed E-state index contributed by atoms with van der Waals surface area (Å²) in [5, 5.41) is 2.74. The number of aromatic nitrogens is 2. The van der Waals surface area contributed by atoms with Crippen molar-refractivity contribution in [1.82, 2.24) is 15.3 Å². The van der Waals surface area contributed by atoms with Gasteiger partial charge in [-0.3, -0.25) is 4.79 Å². The predicted octanol–water partition coefficient (Wildman–Crippen LogP) is 2.73. The van der Waals surface area contributed by atoms with Crippen molar-refractivity contribution in [3.63, 3.8) is 0 Å². The van der Waals surface area contributed by atoms with Crippen molar-refractivity contribution in [2.24, 2.45) is 0 Å². The lowest BCUT2D eigenvalue weighted by atomic mass is 10.2. The zero-order valence-electron chi connectivity index (χ0n) is 13.6. The van der Waals surface area contributed by atoms with Gasteiger partial charge in [-0.15, -0.1) is 6.58 Å². The van der Waals surface area contributed by atoms with E-state index >= 15 is 0 Å². The largest absolute Gasteiger partial charge is 0.347 e. The van der Waals surface area contributed by atoms with Crippen molar-refractivity contribution in [3.05, 3.63) is 66.0 Å². The van der Waals surface area contributed by atoms with E-state index in [9.17, 15) is 4.79 Å². The van der Waals surface area contributed by atoms with Crippen LogP contribution in [0.5, 0.6) is 0 Å². The summed E-state index contributed by atoms with van der Waals surface area (Å²) in [6.07, 6.45) is 1.64. The molecule has 0 aliphatic heterocycles. The highest BCUT2D eigenvalue weighted by atomic mass is 16.1. The van der Waals surface area contributed by atoms with Crippen LogP contribution in [0.1, 0.15) is 28.7 Å². The Morgan fingerprint density at radius 1 is 1.30 bits per heavy atom. The van der Waals surface area contributed by atoms with E-state index in [-0.39, 0.29) is 5.91 Å². The van der Waals surface area contributed by atoms with Crippen LogP contribution in [0, 0.1) is 6.92 Å². The Morgan fingerprint density at radius 3 is 2.70 bits per heavy atom. The molecule has 0 radical (unpaired) electrons. The summed E-state index contributed by atoms with van der Waals surface area (Å²) >= 11 is 0. The highest BCUT2D eigenvalue weighted by Crippen LogP contribution is 2.14. The topological polar surface area (TPSA) is 58.1 Å². The van der Waals surface area contributed by atoms with Crippen LogP contribution in [0.2, 0.25) is 0 Å². The van der Waals surface area contributed by atoms with Gasteiger partial charge in [0, 0.05) is 25.3 Å². The Labute approximate surface area is 137 Å². The Hall–Kier alpha value is -2.69. The molecule has 0 spiro atoms. The van der Waals surface area contributed by atoms with Gasteiger partial charge in [0.15, 0.2) is 0 Å². The molecule has 5 nitrogen and oxygen atoms in total. The lowest BCUT2D eigenvalue weighted by Crippen LogP contribution is -2.28. The number of aryl methyl sites for hydroxylation is 1. The molecule has 1 heterocycles. The number of anilines is 1. The summed E-state index contributed by atoms with van der Waals surface area (Å²) in [5.74, 6) is 0.354. The van der Waals surface area contributed by atoms with Crippen LogP contribution in [0.15, 0.2) is 49.1 Å². The van der Waals surface area contributed by atoms with Gasteiger partial charge in [0.1, 0.15) is 5.69 Å². The molecule has 2 aromatic rings. The normalized spacial score (nSPS) is 10.2. The number of carbonyl (C=O) groups is 1. The molecule has 0 aliphatic rings. The summed E-state index contributed by atoms with van der Waals surface area (Å²) in [7, 11) is 0. The second kappa shape index (κ2) is 8.08. The zero-order valence-corrected chi connectivity index (χ0v) is 13.6. The number of benzene rings is 1. The SMILES string of the molecule is C=CCNC(=O)c1cc(C)nc(N(CC)Cc2ccccc2)n1. The van der Waals surface area contributed by atoms with Crippen LogP contribution < -0.4 is 10.2 Å². The second-order valence-corrected chi connectivity index (χ2v) is 5.19. The van der Waals surface area contributed by atoms with Crippen LogP contribution in [-0.2, 0) is 6.54 Å². The minimum Gasteiger partial charge on any atom is -0.347 e. The zero-order chi connectivity index (χ0) is 16.7. The predicted molar refractivity (Wildman–Crippen MR) is 92.5 cm³/mol. The van der Waals surface area contributed by atoms with E-state index in [4.69, 9.17) is 0 Å². The lowest BCUT2D eigenvalue weighted by molar-refractivity contribution is 0.0953. The van der Waals surface area contributed by atoms with Crippen LogP contribution in [0.4, 0.5) is 5.95 Å². The van der Waals surface area contributed by atoms with Crippen LogP contribution in [0.25, 0.3) is 0 Å². The molecule has 0 aliphatic carbocycles. The van der Waals surface area contributed by atoms with Crippen molar-refractivity contribution in [2.75, 3.05) is 18.0 Å². The second-order valence-electron chi connectivity index (χ2n) is 5.19. The fourth-order valence-corrected chi connectivity index (χ4v) is 2.19. The summed E-state index contributed by atoms with van der Waals surface area (Å²) in [4.78, 5) is 23.1. The van der Waals surface area contributed by atoms with E-state index in [0.29, 0.717) is 24.7 Å². The molecule has 0 saturated heterocycles. The maximum atomic E-state index is 12.1. The maximum absolute atomic E-state index is 12.1. The van der Waals surface area contributed by atoms with Gasteiger partial charge in [0.05, 0.1) is 0 Å². The van der Waals surface area contributed by atoms with Gasteiger partial charge in [0.25, 0.3) is 5.91 Å². The molecule has 0 bridgehead atoms. The molecule has 1 aromatic heterocycles. The molecule has 5 heteroatoms. The van der Waals surface area contributed by atoms with Crippen molar-refractivity contribution >= 4 is 11.9 Å². The molecular formula is C18H22N4O. The number of rotatable bonds is 7. The van der Waals surface area contributed by atoms with Crippen molar-refractivity contribution in [3.8, 4) is 0 Å². The first kappa shape index (κ1) is 16.7. The van der Waals surface area contributed by atoms with E-state index in [1.54, 1.807) is 12.1 Å². The minimum absolute atomic E-state index is 0.215. The lowest BCUT2D eigenvalue weighted by Gasteiger charge is -2.21. The third-order valence-corrected chi connectivity index (χ3v) is 3.36. The van der Waals surface area contributed by atoms with Crippen molar-refractivity contribution < 1.29 is 4.79 Å². The number of hydrogen-bond donors (Lipinski definition) is 1. The minimum atomic E-state index is -0.215. The van der Waals surface area contributed by atoms with E-state index in [2.05, 4.69) is 34.0 Å². The van der Waals surface area contributed by atoms with Crippen molar-refractivity contribution in [2.45, 2.75) is 20.4 Å². The summed E-state index contributed by atoms with van der Waals surface area (Å²) in [6.45, 7) is 9.38. The molecule has 120 valence electrons. The smallest absolute Gasteiger partial charge is 0.270 e. The average molecular weight is 310 g/mol. The Bertz CT molecular complexity index is 670.